The Bertz CT molecular complexity index is 259. The van der Waals surface area contributed by atoms with Crippen molar-refractivity contribution in [2.45, 2.75) is 18.4 Å². The summed E-state index contributed by atoms with van der Waals surface area (Å²) in [5.41, 5.74) is -0.869. The first kappa shape index (κ1) is 10.9. The Balaban J connectivity index is 2.68. The van der Waals surface area contributed by atoms with Crippen molar-refractivity contribution >= 4 is 10.2 Å². The third kappa shape index (κ3) is 3.21. The summed E-state index contributed by atoms with van der Waals surface area (Å²) < 4.78 is 38.5. The third-order valence-corrected chi connectivity index (χ3v) is 3.17. The van der Waals surface area contributed by atoms with E-state index in [1.54, 1.807) is 0 Å². The third-order valence-electron chi connectivity index (χ3n) is 2.30. The highest BCUT2D eigenvalue weighted by molar-refractivity contribution is 7.86. The van der Waals surface area contributed by atoms with Crippen molar-refractivity contribution in [3.8, 4) is 0 Å². The van der Waals surface area contributed by atoms with E-state index < -0.39 is 21.6 Å². The van der Waals surface area contributed by atoms with Gasteiger partial charge in [-0.3, -0.25) is 0 Å². The number of ether oxygens (including phenoxy) is 1. The first-order valence-electron chi connectivity index (χ1n) is 4.16. The Labute approximate surface area is 77.7 Å². The van der Waals surface area contributed by atoms with E-state index in [-0.39, 0.29) is 0 Å². The average molecular weight is 211 g/mol. The first-order chi connectivity index (χ1) is 5.97. The van der Waals surface area contributed by atoms with Gasteiger partial charge in [0.15, 0.2) is 0 Å². The van der Waals surface area contributed by atoms with E-state index in [0.29, 0.717) is 13.0 Å². The Hall–Kier alpha value is -0.200. The molecule has 0 aromatic rings. The zero-order valence-corrected chi connectivity index (χ0v) is 8.36. The van der Waals surface area contributed by atoms with E-state index in [1.807, 2.05) is 0 Å². The molecule has 0 spiro atoms. The van der Waals surface area contributed by atoms with Crippen LogP contribution in [0.4, 0.5) is 3.89 Å². The van der Waals surface area contributed by atoms with Crippen LogP contribution >= 0.6 is 0 Å². The molecule has 1 N–H and O–H groups in total. The highest BCUT2D eigenvalue weighted by Crippen LogP contribution is 2.22. The molecule has 0 saturated carbocycles. The molecule has 1 fully saturated rings. The lowest BCUT2D eigenvalue weighted by Crippen LogP contribution is -2.51. The van der Waals surface area contributed by atoms with Crippen LogP contribution in [0.15, 0.2) is 0 Å². The first-order valence-corrected chi connectivity index (χ1v) is 5.71. The van der Waals surface area contributed by atoms with Gasteiger partial charge in [0.1, 0.15) is 5.75 Å². The van der Waals surface area contributed by atoms with Crippen molar-refractivity contribution in [2.24, 2.45) is 0 Å². The molecule has 4 nitrogen and oxygen atoms in total. The number of methoxy groups -OCH3 is 1. The van der Waals surface area contributed by atoms with Crippen LogP contribution in [0, 0.1) is 0 Å². The standard InChI is InChI=1S/C7H14FNO3S/c1-12-7(6-13(8,10)11)3-2-4-9-5-7/h9H,2-6H2,1H3. The van der Waals surface area contributed by atoms with Gasteiger partial charge in [-0.1, -0.05) is 0 Å². The number of piperidine rings is 1. The molecule has 1 heterocycles. The second-order valence-corrected chi connectivity index (χ2v) is 4.72. The number of hydrogen-bond donors (Lipinski definition) is 1. The van der Waals surface area contributed by atoms with Crippen LogP contribution in [0.3, 0.4) is 0 Å². The molecule has 13 heavy (non-hydrogen) atoms. The topological polar surface area (TPSA) is 55.4 Å². The van der Waals surface area contributed by atoms with Crippen molar-refractivity contribution in [1.29, 1.82) is 0 Å². The summed E-state index contributed by atoms with van der Waals surface area (Å²) in [7, 11) is -3.04. The van der Waals surface area contributed by atoms with Crippen LogP contribution in [-0.2, 0) is 15.0 Å². The lowest BCUT2D eigenvalue weighted by molar-refractivity contribution is -0.00998. The molecule has 0 aromatic heterocycles. The Morgan fingerprint density at radius 2 is 2.31 bits per heavy atom. The summed E-state index contributed by atoms with van der Waals surface area (Å²) in [6.07, 6.45) is 1.39. The predicted molar refractivity (Wildman–Crippen MR) is 46.7 cm³/mol. The molecule has 1 aliphatic rings. The fourth-order valence-electron chi connectivity index (χ4n) is 1.61. The summed E-state index contributed by atoms with van der Waals surface area (Å²) in [6.45, 7) is 1.23. The largest absolute Gasteiger partial charge is 0.376 e. The van der Waals surface area contributed by atoms with Crippen molar-refractivity contribution in [3.05, 3.63) is 0 Å². The molecule has 0 amide bonds. The van der Waals surface area contributed by atoms with Crippen LogP contribution in [0.2, 0.25) is 0 Å². The lowest BCUT2D eigenvalue weighted by atomic mass is 9.96. The lowest BCUT2D eigenvalue weighted by Gasteiger charge is -2.34. The average Bonchev–Trinajstić information content (AvgIpc) is 2.03. The number of halogens is 1. The Morgan fingerprint density at radius 1 is 1.62 bits per heavy atom. The maximum atomic E-state index is 12.5. The maximum Gasteiger partial charge on any atom is 0.305 e. The van der Waals surface area contributed by atoms with E-state index in [9.17, 15) is 12.3 Å². The van der Waals surface area contributed by atoms with Crippen molar-refractivity contribution in [1.82, 2.24) is 5.32 Å². The van der Waals surface area contributed by atoms with Crippen LogP contribution in [0.25, 0.3) is 0 Å². The van der Waals surface area contributed by atoms with E-state index in [0.717, 1.165) is 13.0 Å². The molecule has 1 saturated heterocycles. The molecular weight excluding hydrogens is 197 g/mol. The molecule has 0 aromatic carbocycles. The zero-order valence-electron chi connectivity index (χ0n) is 7.55. The fraction of sp³-hybridized carbons (Fsp3) is 1.00. The minimum atomic E-state index is -4.46. The van der Waals surface area contributed by atoms with Crippen LogP contribution < -0.4 is 5.32 Å². The van der Waals surface area contributed by atoms with Crippen LogP contribution in [0.1, 0.15) is 12.8 Å². The molecule has 1 atom stereocenters. The molecular formula is C7H14FNO3S. The van der Waals surface area contributed by atoms with Gasteiger partial charge in [-0.2, -0.15) is 8.42 Å². The molecule has 6 heteroatoms. The molecule has 0 aliphatic carbocycles. The molecule has 1 unspecified atom stereocenters. The van der Waals surface area contributed by atoms with Gasteiger partial charge in [-0.05, 0) is 19.4 Å². The summed E-state index contributed by atoms with van der Waals surface area (Å²) in [6, 6.07) is 0. The molecule has 1 aliphatic heterocycles. The molecule has 1 rings (SSSR count). The second-order valence-electron chi connectivity index (χ2n) is 3.35. The quantitative estimate of drug-likeness (QED) is 0.670. The highest BCUT2D eigenvalue weighted by Gasteiger charge is 2.36. The van der Waals surface area contributed by atoms with Gasteiger partial charge >= 0.3 is 10.2 Å². The van der Waals surface area contributed by atoms with Gasteiger partial charge in [0.25, 0.3) is 0 Å². The maximum absolute atomic E-state index is 12.5. The Morgan fingerprint density at radius 3 is 2.69 bits per heavy atom. The normalized spacial score (nSPS) is 30.3. The predicted octanol–water partition coefficient (Wildman–Crippen LogP) is 0.0543. The van der Waals surface area contributed by atoms with E-state index in [2.05, 4.69) is 5.32 Å². The van der Waals surface area contributed by atoms with Gasteiger partial charge in [-0.15, -0.1) is 3.89 Å². The zero-order chi connectivity index (χ0) is 9.95. The fourth-order valence-corrected chi connectivity index (χ4v) is 2.60. The van der Waals surface area contributed by atoms with E-state index in [1.165, 1.54) is 7.11 Å². The minimum absolute atomic E-state index is 0.395. The van der Waals surface area contributed by atoms with Crippen LogP contribution in [0.5, 0.6) is 0 Å². The SMILES string of the molecule is COC1(CS(=O)(=O)F)CCCNC1. The summed E-state index contributed by atoms with van der Waals surface area (Å²) in [4.78, 5) is 0. The smallest absolute Gasteiger partial charge is 0.305 e. The van der Waals surface area contributed by atoms with E-state index in [4.69, 9.17) is 4.74 Å². The number of nitrogens with one attached hydrogen (secondary N) is 1. The van der Waals surface area contributed by atoms with Gasteiger partial charge in [0.2, 0.25) is 0 Å². The Kier molecular flexibility index (Phi) is 3.26. The van der Waals surface area contributed by atoms with Crippen molar-refractivity contribution in [3.63, 3.8) is 0 Å². The summed E-state index contributed by atoms with van der Waals surface area (Å²) >= 11 is 0. The van der Waals surface area contributed by atoms with E-state index >= 15 is 0 Å². The van der Waals surface area contributed by atoms with Gasteiger partial charge in [0.05, 0.1) is 5.60 Å². The summed E-state index contributed by atoms with van der Waals surface area (Å²) in [5.74, 6) is -0.552. The molecule has 78 valence electrons. The minimum Gasteiger partial charge on any atom is -0.376 e. The summed E-state index contributed by atoms with van der Waals surface area (Å²) in [5, 5.41) is 2.99. The van der Waals surface area contributed by atoms with Crippen molar-refractivity contribution < 1.29 is 17.0 Å². The number of rotatable bonds is 3. The molecule has 0 radical (unpaired) electrons. The number of hydrogen-bond acceptors (Lipinski definition) is 4. The molecule has 0 bridgehead atoms. The highest BCUT2D eigenvalue weighted by atomic mass is 32.3. The van der Waals surface area contributed by atoms with Crippen LogP contribution in [-0.4, -0.2) is 40.0 Å². The van der Waals surface area contributed by atoms with Gasteiger partial charge in [-0.25, -0.2) is 0 Å². The van der Waals surface area contributed by atoms with Gasteiger partial charge in [0, 0.05) is 13.7 Å². The van der Waals surface area contributed by atoms with Crippen molar-refractivity contribution in [2.75, 3.05) is 26.0 Å². The second kappa shape index (κ2) is 3.89. The monoisotopic (exact) mass is 211 g/mol. The van der Waals surface area contributed by atoms with Gasteiger partial charge < -0.3 is 10.1 Å².